The van der Waals surface area contributed by atoms with Crippen molar-refractivity contribution in [2.45, 2.75) is 26.9 Å². The molecule has 3 aromatic rings. The van der Waals surface area contributed by atoms with Gasteiger partial charge in [0, 0.05) is 37.1 Å². The fourth-order valence-electron chi connectivity index (χ4n) is 2.03. The second-order valence-corrected chi connectivity index (χ2v) is 5.48. The van der Waals surface area contributed by atoms with Crippen LogP contribution >= 0.6 is 11.3 Å². The molecule has 0 bridgehead atoms. The lowest BCUT2D eigenvalue weighted by atomic mass is 10.2. The van der Waals surface area contributed by atoms with Gasteiger partial charge in [-0.25, -0.2) is 9.50 Å². The zero-order chi connectivity index (χ0) is 13.2. The predicted molar refractivity (Wildman–Crippen MR) is 77.3 cm³/mol. The summed E-state index contributed by atoms with van der Waals surface area (Å²) in [5.74, 6) is 0. The van der Waals surface area contributed by atoms with Crippen LogP contribution in [0.15, 0.2) is 29.2 Å². The van der Waals surface area contributed by atoms with Crippen molar-refractivity contribution in [3.63, 3.8) is 0 Å². The second kappa shape index (κ2) is 5.11. The molecule has 3 rings (SSSR count). The fourth-order valence-corrected chi connectivity index (χ4v) is 2.89. The van der Waals surface area contributed by atoms with Crippen LogP contribution in [0.5, 0.6) is 0 Å². The standard InChI is InChI=1S/C14H16N4S/c1-10-8-19-9-13(10)6-15-4-12-5-16-14-3-11(2)17-18(14)7-12/h3,5,7-9,15H,4,6H2,1-2H3. The second-order valence-electron chi connectivity index (χ2n) is 4.73. The first kappa shape index (κ1) is 12.3. The van der Waals surface area contributed by atoms with Crippen LogP contribution in [0, 0.1) is 13.8 Å². The Bertz CT molecular complexity index is 698. The number of hydrogen-bond donors (Lipinski definition) is 1. The highest BCUT2D eigenvalue weighted by atomic mass is 32.1. The van der Waals surface area contributed by atoms with Crippen LogP contribution in [-0.2, 0) is 13.1 Å². The Morgan fingerprint density at radius 1 is 1.26 bits per heavy atom. The van der Waals surface area contributed by atoms with Gasteiger partial charge in [0.1, 0.15) is 0 Å². The van der Waals surface area contributed by atoms with Crippen molar-refractivity contribution < 1.29 is 0 Å². The molecule has 3 aromatic heterocycles. The quantitative estimate of drug-likeness (QED) is 0.794. The van der Waals surface area contributed by atoms with E-state index in [9.17, 15) is 0 Å². The maximum Gasteiger partial charge on any atom is 0.155 e. The van der Waals surface area contributed by atoms with Gasteiger partial charge in [-0.3, -0.25) is 0 Å². The van der Waals surface area contributed by atoms with Gasteiger partial charge in [0.2, 0.25) is 0 Å². The molecular formula is C14H16N4S. The van der Waals surface area contributed by atoms with Crippen LogP contribution in [0.4, 0.5) is 0 Å². The van der Waals surface area contributed by atoms with E-state index in [-0.39, 0.29) is 0 Å². The van der Waals surface area contributed by atoms with Gasteiger partial charge in [-0.1, -0.05) is 0 Å². The molecule has 5 heteroatoms. The normalized spacial score (nSPS) is 11.3. The van der Waals surface area contributed by atoms with Crippen LogP contribution in [0.1, 0.15) is 22.4 Å². The molecule has 0 aliphatic rings. The summed E-state index contributed by atoms with van der Waals surface area (Å²) in [5.41, 5.74) is 5.76. The number of nitrogens with zero attached hydrogens (tertiary/aromatic N) is 3. The molecule has 4 nitrogen and oxygen atoms in total. The van der Waals surface area contributed by atoms with E-state index in [1.807, 2.05) is 29.9 Å². The third-order valence-electron chi connectivity index (χ3n) is 3.10. The third kappa shape index (κ3) is 2.67. The third-order valence-corrected chi connectivity index (χ3v) is 4.01. The van der Waals surface area contributed by atoms with Crippen molar-refractivity contribution in [3.8, 4) is 0 Å². The molecule has 0 atom stereocenters. The van der Waals surface area contributed by atoms with Gasteiger partial charge in [0.05, 0.1) is 5.69 Å². The van der Waals surface area contributed by atoms with E-state index >= 15 is 0 Å². The molecule has 0 aromatic carbocycles. The topological polar surface area (TPSA) is 42.2 Å². The van der Waals surface area contributed by atoms with Gasteiger partial charge >= 0.3 is 0 Å². The predicted octanol–water partition coefficient (Wildman–Crippen LogP) is 2.70. The molecular weight excluding hydrogens is 256 g/mol. The zero-order valence-corrected chi connectivity index (χ0v) is 11.9. The summed E-state index contributed by atoms with van der Waals surface area (Å²) in [6.45, 7) is 5.82. The smallest absolute Gasteiger partial charge is 0.155 e. The van der Waals surface area contributed by atoms with Gasteiger partial charge in [-0.05, 0) is 35.7 Å². The molecule has 0 aliphatic heterocycles. The van der Waals surface area contributed by atoms with Crippen LogP contribution in [0.25, 0.3) is 5.65 Å². The maximum atomic E-state index is 4.40. The fraction of sp³-hybridized carbons (Fsp3) is 0.286. The number of aromatic nitrogens is 3. The molecule has 0 amide bonds. The lowest BCUT2D eigenvalue weighted by Gasteiger charge is -2.05. The molecule has 3 heterocycles. The highest BCUT2D eigenvalue weighted by Gasteiger charge is 2.02. The maximum absolute atomic E-state index is 4.40. The van der Waals surface area contributed by atoms with Crippen molar-refractivity contribution in [2.75, 3.05) is 0 Å². The summed E-state index contributed by atoms with van der Waals surface area (Å²) >= 11 is 1.75. The van der Waals surface area contributed by atoms with Crippen LogP contribution < -0.4 is 5.32 Å². The average Bonchev–Trinajstić information content (AvgIpc) is 2.94. The molecule has 0 unspecified atom stereocenters. The van der Waals surface area contributed by atoms with Crippen molar-refractivity contribution in [1.29, 1.82) is 0 Å². The number of thiophene rings is 1. The summed E-state index contributed by atoms with van der Waals surface area (Å²) in [7, 11) is 0. The number of nitrogens with one attached hydrogen (secondary N) is 1. The van der Waals surface area contributed by atoms with Crippen molar-refractivity contribution in [2.24, 2.45) is 0 Å². The minimum Gasteiger partial charge on any atom is -0.308 e. The molecule has 0 fully saturated rings. The van der Waals surface area contributed by atoms with Gasteiger partial charge in [0.25, 0.3) is 0 Å². The SMILES string of the molecule is Cc1cc2ncc(CNCc3cscc3C)cn2n1. The molecule has 0 radical (unpaired) electrons. The Balaban J connectivity index is 1.66. The van der Waals surface area contributed by atoms with E-state index < -0.39 is 0 Å². The first-order valence-corrected chi connectivity index (χ1v) is 7.20. The van der Waals surface area contributed by atoms with Gasteiger partial charge < -0.3 is 5.32 Å². The van der Waals surface area contributed by atoms with Gasteiger partial charge in [-0.2, -0.15) is 16.4 Å². The molecule has 0 spiro atoms. The number of hydrogen-bond acceptors (Lipinski definition) is 4. The van der Waals surface area contributed by atoms with Crippen LogP contribution in [-0.4, -0.2) is 14.6 Å². The molecule has 0 saturated heterocycles. The van der Waals surface area contributed by atoms with E-state index in [2.05, 4.69) is 33.1 Å². The number of rotatable bonds is 4. The zero-order valence-electron chi connectivity index (χ0n) is 11.1. The van der Waals surface area contributed by atoms with E-state index in [1.165, 1.54) is 11.1 Å². The van der Waals surface area contributed by atoms with E-state index in [0.717, 1.165) is 30.0 Å². The van der Waals surface area contributed by atoms with E-state index in [0.29, 0.717) is 0 Å². The van der Waals surface area contributed by atoms with Crippen molar-refractivity contribution in [1.82, 2.24) is 19.9 Å². The van der Waals surface area contributed by atoms with E-state index in [4.69, 9.17) is 0 Å². The lowest BCUT2D eigenvalue weighted by Crippen LogP contribution is -2.13. The van der Waals surface area contributed by atoms with Gasteiger partial charge in [-0.15, -0.1) is 0 Å². The van der Waals surface area contributed by atoms with Crippen LogP contribution in [0.2, 0.25) is 0 Å². The minimum atomic E-state index is 0.803. The highest BCUT2D eigenvalue weighted by Crippen LogP contribution is 2.13. The summed E-state index contributed by atoms with van der Waals surface area (Å²) in [5, 5.41) is 12.2. The molecule has 0 saturated carbocycles. The highest BCUT2D eigenvalue weighted by molar-refractivity contribution is 7.08. The summed E-state index contributed by atoms with van der Waals surface area (Å²) in [6.07, 6.45) is 3.94. The molecule has 0 aliphatic carbocycles. The summed E-state index contributed by atoms with van der Waals surface area (Å²) in [4.78, 5) is 4.40. The average molecular weight is 272 g/mol. The summed E-state index contributed by atoms with van der Waals surface area (Å²) < 4.78 is 1.84. The Hall–Kier alpha value is -1.72. The first-order chi connectivity index (χ1) is 9.22. The first-order valence-electron chi connectivity index (χ1n) is 6.25. The molecule has 19 heavy (non-hydrogen) atoms. The Morgan fingerprint density at radius 3 is 2.95 bits per heavy atom. The minimum absolute atomic E-state index is 0.803. The Morgan fingerprint density at radius 2 is 2.16 bits per heavy atom. The Kier molecular flexibility index (Phi) is 3.31. The van der Waals surface area contributed by atoms with E-state index in [1.54, 1.807) is 11.3 Å². The van der Waals surface area contributed by atoms with Crippen LogP contribution in [0.3, 0.4) is 0 Å². The summed E-state index contributed by atoms with van der Waals surface area (Å²) in [6, 6.07) is 1.98. The largest absolute Gasteiger partial charge is 0.308 e. The van der Waals surface area contributed by atoms with Gasteiger partial charge in [0.15, 0.2) is 5.65 Å². The molecule has 1 N–H and O–H groups in total. The monoisotopic (exact) mass is 272 g/mol. The lowest BCUT2D eigenvalue weighted by molar-refractivity contribution is 0.684. The number of aryl methyl sites for hydroxylation is 2. The number of fused-ring (bicyclic) bond motifs is 1. The van der Waals surface area contributed by atoms with Crippen molar-refractivity contribution in [3.05, 3.63) is 51.6 Å². The van der Waals surface area contributed by atoms with Crippen molar-refractivity contribution >= 4 is 17.0 Å². The molecule has 98 valence electrons. The Labute approximate surface area is 116 Å².